The normalized spacial score (nSPS) is 11.6. The molecule has 2 aromatic carbocycles. The topological polar surface area (TPSA) is 51.8 Å². The molecule has 0 saturated heterocycles. The van der Waals surface area contributed by atoms with Crippen molar-refractivity contribution < 1.29 is 40.6 Å². The van der Waals surface area contributed by atoms with Crippen molar-refractivity contribution in [3.63, 3.8) is 0 Å². The summed E-state index contributed by atoms with van der Waals surface area (Å²) in [6, 6.07) is 9.98. The molecule has 0 amide bonds. The van der Waals surface area contributed by atoms with Gasteiger partial charge in [0.2, 0.25) is 0 Å². The average Bonchev–Trinajstić information content (AvgIpc) is 2.65. The summed E-state index contributed by atoms with van der Waals surface area (Å²) in [5.41, 5.74) is 0.652. The third-order valence-electron chi connectivity index (χ3n) is 3.37. The number of alkyl halides is 6. The number of thiocarbonyl (C=S) groups is 1. The van der Waals surface area contributed by atoms with E-state index in [2.05, 4.69) is 20.1 Å². The van der Waals surface area contributed by atoms with Crippen molar-refractivity contribution in [1.29, 1.82) is 0 Å². The summed E-state index contributed by atoms with van der Waals surface area (Å²) in [5, 5.41) is 5.55. The number of hydrogen-bond donors (Lipinski definition) is 2. The first-order chi connectivity index (χ1) is 14.4. The maximum Gasteiger partial charge on any atom is 0.422 e. The maximum atomic E-state index is 12.4. The van der Waals surface area contributed by atoms with E-state index in [9.17, 15) is 26.3 Å². The van der Waals surface area contributed by atoms with Crippen LogP contribution in [0.4, 0.5) is 37.7 Å². The Labute approximate surface area is 179 Å². The van der Waals surface area contributed by atoms with Crippen molar-refractivity contribution in [3.05, 3.63) is 42.5 Å². The largest absolute Gasteiger partial charge is 0.494 e. The van der Waals surface area contributed by atoms with E-state index in [1.54, 1.807) is 24.3 Å². The Kier molecular flexibility index (Phi) is 8.20. The van der Waals surface area contributed by atoms with Gasteiger partial charge in [-0.1, -0.05) is 0 Å². The second kappa shape index (κ2) is 10.4. The Morgan fingerprint density at radius 1 is 0.742 bits per heavy atom. The molecule has 0 radical (unpaired) electrons. The van der Waals surface area contributed by atoms with Gasteiger partial charge in [0.15, 0.2) is 18.3 Å². The number of anilines is 2. The van der Waals surface area contributed by atoms with E-state index in [1.807, 2.05) is 6.92 Å². The molecule has 5 nitrogen and oxygen atoms in total. The van der Waals surface area contributed by atoms with E-state index in [1.165, 1.54) is 0 Å². The minimum absolute atomic E-state index is 0.0407. The van der Waals surface area contributed by atoms with E-state index in [0.29, 0.717) is 18.0 Å². The lowest BCUT2D eigenvalue weighted by atomic mass is 10.2. The third-order valence-corrected chi connectivity index (χ3v) is 3.57. The van der Waals surface area contributed by atoms with E-state index in [-0.39, 0.29) is 22.3 Å². The molecule has 2 aromatic rings. The highest BCUT2D eigenvalue weighted by atomic mass is 32.1. The van der Waals surface area contributed by atoms with Crippen molar-refractivity contribution >= 4 is 28.7 Å². The highest BCUT2D eigenvalue weighted by Crippen LogP contribution is 2.29. The van der Waals surface area contributed by atoms with Crippen LogP contribution in [0.15, 0.2) is 42.5 Å². The lowest BCUT2D eigenvalue weighted by molar-refractivity contribution is -0.153. The van der Waals surface area contributed by atoms with Crippen LogP contribution in [0, 0.1) is 0 Å². The average molecular weight is 468 g/mol. The van der Waals surface area contributed by atoms with Crippen molar-refractivity contribution in [2.24, 2.45) is 0 Å². The second-order valence-electron chi connectivity index (χ2n) is 6.04. The van der Waals surface area contributed by atoms with Crippen LogP contribution in [0.25, 0.3) is 0 Å². The van der Waals surface area contributed by atoms with Gasteiger partial charge in [-0.3, -0.25) is 0 Å². The van der Waals surface area contributed by atoms with Crippen LogP contribution >= 0.6 is 12.2 Å². The van der Waals surface area contributed by atoms with Gasteiger partial charge in [0.05, 0.1) is 6.61 Å². The molecule has 0 saturated carbocycles. The van der Waals surface area contributed by atoms with Gasteiger partial charge in [0.25, 0.3) is 0 Å². The highest BCUT2D eigenvalue weighted by Gasteiger charge is 2.30. The molecule has 0 atom stereocenters. The van der Waals surface area contributed by atoms with Gasteiger partial charge in [-0.05, 0) is 43.4 Å². The van der Waals surface area contributed by atoms with Crippen molar-refractivity contribution in [2.45, 2.75) is 19.3 Å². The van der Waals surface area contributed by atoms with Crippen LogP contribution in [-0.4, -0.2) is 37.3 Å². The Morgan fingerprint density at radius 2 is 1.23 bits per heavy atom. The fraction of sp³-hybridized carbons (Fsp3) is 0.316. The minimum Gasteiger partial charge on any atom is -0.494 e. The Balaban J connectivity index is 2.11. The Bertz CT molecular complexity index is 836. The van der Waals surface area contributed by atoms with Gasteiger partial charge in [-0.25, -0.2) is 0 Å². The molecular weight excluding hydrogens is 450 g/mol. The summed E-state index contributed by atoms with van der Waals surface area (Å²) in [6.07, 6.45) is -9.25. The number of hydrogen-bond acceptors (Lipinski definition) is 4. The quantitative estimate of drug-likeness (QED) is 0.379. The predicted molar refractivity (Wildman–Crippen MR) is 107 cm³/mol. The zero-order chi connectivity index (χ0) is 23.1. The van der Waals surface area contributed by atoms with Crippen LogP contribution in [0.1, 0.15) is 6.92 Å². The molecule has 0 aliphatic carbocycles. The van der Waals surface area contributed by atoms with Crippen LogP contribution in [0.3, 0.4) is 0 Å². The van der Waals surface area contributed by atoms with Gasteiger partial charge < -0.3 is 24.8 Å². The lowest BCUT2D eigenvalue weighted by Crippen LogP contribution is -2.21. The van der Waals surface area contributed by atoms with E-state index >= 15 is 0 Å². The monoisotopic (exact) mass is 468 g/mol. The summed E-state index contributed by atoms with van der Waals surface area (Å²) < 4.78 is 89.0. The van der Waals surface area contributed by atoms with E-state index in [4.69, 9.17) is 17.0 Å². The van der Waals surface area contributed by atoms with Crippen molar-refractivity contribution in [1.82, 2.24) is 0 Å². The van der Waals surface area contributed by atoms with Crippen LogP contribution in [0.5, 0.6) is 17.2 Å². The van der Waals surface area contributed by atoms with Crippen LogP contribution in [0.2, 0.25) is 0 Å². The van der Waals surface area contributed by atoms with Gasteiger partial charge in [-0.2, -0.15) is 26.3 Å². The first kappa shape index (κ1) is 24.4. The molecule has 0 fully saturated rings. The molecule has 2 N–H and O–H groups in total. The zero-order valence-electron chi connectivity index (χ0n) is 16.1. The predicted octanol–water partition coefficient (Wildman–Crippen LogP) is 5.78. The Hall–Kier alpha value is -2.89. The first-order valence-corrected chi connectivity index (χ1v) is 9.19. The summed E-state index contributed by atoms with van der Waals surface area (Å²) in [5.74, 6) is -0.0420. The molecule has 0 unspecified atom stereocenters. The number of benzene rings is 2. The molecule has 31 heavy (non-hydrogen) atoms. The minimum atomic E-state index is -4.62. The summed E-state index contributed by atoms with van der Waals surface area (Å²) in [7, 11) is 0. The number of rotatable bonds is 8. The standard InChI is InChI=1S/C19H18F6N2O3S/c1-2-28-14-5-3-12(4-6-14)26-17(31)27-13-7-15(29-10-18(20,21)22)9-16(8-13)30-11-19(23,24)25/h3-9H,2,10-11H2,1H3,(H2,26,27,31). The summed E-state index contributed by atoms with van der Waals surface area (Å²) in [6.45, 7) is -0.906. The maximum absolute atomic E-state index is 12.4. The number of halogens is 6. The second-order valence-corrected chi connectivity index (χ2v) is 6.45. The molecule has 2 rings (SSSR count). The van der Waals surface area contributed by atoms with Gasteiger partial charge in [-0.15, -0.1) is 0 Å². The van der Waals surface area contributed by atoms with Gasteiger partial charge >= 0.3 is 12.4 Å². The fourth-order valence-electron chi connectivity index (χ4n) is 2.24. The summed E-state index contributed by atoms with van der Waals surface area (Å²) >= 11 is 5.14. The molecule has 0 bridgehead atoms. The van der Waals surface area contributed by atoms with Crippen LogP contribution < -0.4 is 24.8 Å². The smallest absolute Gasteiger partial charge is 0.422 e. The molecule has 0 aliphatic rings. The summed E-state index contributed by atoms with van der Waals surface area (Å²) in [4.78, 5) is 0. The van der Waals surface area contributed by atoms with Crippen molar-refractivity contribution in [3.8, 4) is 17.2 Å². The highest BCUT2D eigenvalue weighted by molar-refractivity contribution is 7.80. The molecule has 0 heterocycles. The van der Waals surface area contributed by atoms with Crippen molar-refractivity contribution in [2.75, 3.05) is 30.5 Å². The van der Waals surface area contributed by atoms with E-state index in [0.717, 1.165) is 18.2 Å². The molecule has 0 aliphatic heterocycles. The number of nitrogens with one attached hydrogen (secondary N) is 2. The van der Waals surface area contributed by atoms with E-state index < -0.39 is 25.6 Å². The third kappa shape index (κ3) is 9.64. The lowest BCUT2D eigenvalue weighted by Gasteiger charge is -2.16. The molecule has 0 spiro atoms. The zero-order valence-corrected chi connectivity index (χ0v) is 16.9. The first-order valence-electron chi connectivity index (χ1n) is 8.78. The molecule has 170 valence electrons. The SMILES string of the molecule is CCOc1ccc(NC(=S)Nc2cc(OCC(F)(F)F)cc(OCC(F)(F)F)c2)cc1. The Morgan fingerprint density at radius 3 is 1.68 bits per heavy atom. The number of ether oxygens (including phenoxy) is 3. The van der Waals surface area contributed by atoms with Gasteiger partial charge in [0, 0.05) is 29.6 Å². The fourth-order valence-corrected chi connectivity index (χ4v) is 2.47. The molecule has 0 aromatic heterocycles. The van der Waals surface area contributed by atoms with Gasteiger partial charge in [0.1, 0.15) is 17.2 Å². The van der Waals surface area contributed by atoms with Crippen LogP contribution in [-0.2, 0) is 0 Å². The molecule has 12 heteroatoms. The molecular formula is C19H18F6N2O3S.